The predicted molar refractivity (Wildman–Crippen MR) is 123 cm³/mol. The van der Waals surface area contributed by atoms with Crippen molar-refractivity contribution >= 4 is 50.3 Å². The molecule has 29 heavy (non-hydrogen) atoms. The summed E-state index contributed by atoms with van der Waals surface area (Å²) in [6.45, 7) is 4.30. The summed E-state index contributed by atoms with van der Waals surface area (Å²) in [4.78, 5) is 4.25. The van der Waals surface area contributed by atoms with E-state index < -0.39 is 0 Å². The maximum Gasteiger partial charge on any atom is 0.114 e. The normalized spacial score (nSPS) is 11.7. The Morgan fingerprint density at radius 1 is 0.586 bits per heavy atom. The zero-order chi connectivity index (χ0) is 19.4. The number of fused-ring (bicyclic) bond motifs is 7. The monoisotopic (exact) mass is 373 g/mol. The van der Waals surface area contributed by atoms with Crippen LogP contribution in [0.25, 0.3) is 49.3 Å². The number of hydrogen-bond donors (Lipinski definition) is 0. The van der Waals surface area contributed by atoms with E-state index in [1.807, 2.05) is 0 Å². The third-order valence-electron chi connectivity index (χ3n) is 5.82. The highest BCUT2D eigenvalue weighted by molar-refractivity contribution is 6.23. The lowest BCUT2D eigenvalue weighted by molar-refractivity contribution is 0.799. The zero-order valence-electron chi connectivity index (χ0n) is 15.9. The minimum atomic E-state index is 0.527. The zero-order valence-corrected chi connectivity index (χ0v) is 15.9. The smallest absolute Gasteiger partial charge is 0.114 e. The fourth-order valence-corrected chi connectivity index (χ4v) is 4.68. The van der Waals surface area contributed by atoms with Crippen molar-refractivity contribution in [2.24, 2.45) is 4.99 Å². The average molecular weight is 373 g/mol. The molecule has 2 heterocycles. The second-order valence-electron chi connectivity index (χ2n) is 7.36. The standard InChI is InChI=1S/C26H19N3/c1-27-17-28-23-13-7-5-11-19(23)21-15-16-22-20-12-6-8-14-24(20)29(26(22)25(21)28)18-9-3-2-4-10-18/h2-16H,1,17H2. The molecular formula is C26H19N3. The van der Waals surface area contributed by atoms with E-state index in [1.54, 1.807) is 0 Å². The molecule has 138 valence electrons. The molecule has 0 bridgehead atoms. The highest BCUT2D eigenvalue weighted by atomic mass is 15.1. The molecule has 6 aromatic rings. The Morgan fingerprint density at radius 3 is 1.90 bits per heavy atom. The number of aliphatic imine (C=N–C) groups is 1. The second-order valence-corrected chi connectivity index (χ2v) is 7.36. The van der Waals surface area contributed by atoms with Gasteiger partial charge in [0.05, 0.1) is 22.1 Å². The topological polar surface area (TPSA) is 22.2 Å². The van der Waals surface area contributed by atoms with Gasteiger partial charge in [-0.1, -0.05) is 66.7 Å². The lowest BCUT2D eigenvalue weighted by Gasteiger charge is -2.10. The van der Waals surface area contributed by atoms with Gasteiger partial charge in [-0.2, -0.15) is 0 Å². The third-order valence-corrected chi connectivity index (χ3v) is 5.82. The summed E-state index contributed by atoms with van der Waals surface area (Å²) in [6, 6.07) is 32.3. The summed E-state index contributed by atoms with van der Waals surface area (Å²) in [6.07, 6.45) is 0. The quantitative estimate of drug-likeness (QED) is 0.314. The van der Waals surface area contributed by atoms with E-state index >= 15 is 0 Å². The predicted octanol–water partition coefficient (Wildman–Crippen LogP) is 6.55. The largest absolute Gasteiger partial charge is 0.318 e. The van der Waals surface area contributed by atoms with Gasteiger partial charge in [0.25, 0.3) is 0 Å². The van der Waals surface area contributed by atoms with Gasteiger partial charge < -0.3 is 9.13 Å². The van der Waals surface area contributed by atoms with Gasteiger partial charge in [-0.15, -0.1) is 0 Å². The van der Waals surface area contributed by atoms with E-state index in [0.29, 0.717) is 6.67 Å². The Hall–Kier alpha value is -3.85. The van der Waals surface area contributed by atoms with E-state index in [4.69, 9.17) is 0 Å². The Morgan fingerprint density at radius 2 is 1.17 bits per heavy atom. The molecule has 0 atom stereocenters. The molecule has 2 aromatic heterocycles. The van der Waals surface area contributed by atoms with Gasteiger partial charge in [0, 0.05) is 27.2 Å². The van der Waals surface area contributed by atoms with Crippen LogP contribution in [0.2, 0.25) is 0 Å². The number of rotatable bonds is 3. The summed E-state index contributed by atoms with van der Waals surface area (Å²) >= 11 is 0. The molecule has 0 aliphatic heterocycles. The Labute approximate surface area is 168 Å². The fraction of sp³-hybridized carbons (Fsp3) is 0.0385. The van der Waals surface area contributed by atoms with Crippen LogP contribution in [-0.4, -0.2) is 15.9 Å². The first-order valence-electron chi connectivity index (χ1n) is 9.79. The van der Waals surface area contributed by atoms with Gasteiger partial charge in [-0.3, -0.25) is 4.99 Å². The van der Waals surface area contributed by atoms with Crippen LogP contribution in [0.15, 0.2) is 96.0 Å². The molecular weight excluding hydrogens is 354 g/mol. The van der Waals surface area contributed by atoms with Crippen molar-refractivity contribution in [3.05, 3.63) is 91.0 Å². The lowest BCUT2D eigenvalue weighted by atomic mass is 10.1. The number of nitrogens with zero attached hydrogens (tertiary/aromatic N) is 3. The van der Waals surface area contributed by atoms with E-state index in [9.17, 15) is 0 Å². The molecule has 6 rings (SSSR count). The van der Waals surface area contributed by atoms with E-state index in [1.165, 1.54) is 43.6 Å². The minimum Gasteiger partial charge on any atom is -0.318 e. The molecule has 0 unspecified atom stereocenters. The van der Waals surface area contributed by atoms with E-state index in [2.05, 4.69) is 112 Å². The average Bonchev–Trinajstić information content (AvgIpc) is 3.28. The van der Waals surface area contributed by atoms with Crippen molar-refractivity contribution in [3.8, 4) is 5.69 Å². The van der Waals surface area contributed by atoms with Crippen LogP contribution in [0.1, 0.15) is 0 Å². The number of benzene rings is 4. The van der Waals surface area contributed by atoms with Crippen LogP contribution >= 0.6 is 0 Å². The summed E-state index contributed by atoms with van der Waals surface area (Å²) in [5, 5.41) is 5.01. The maximum atomic E-state index is 4.25. The van der Waals surface area contributed by atoms with Gasteiger partial charge >= 0.3 is 0 Å². The van der Waals surface area contributed by atoms with Crippen LogP contribution < -0.4 is 0 Å². The molecule has 0 spiro atoms. The summed E-state index contributed by atoms with van der Waals surface area (Å²) in [5.74, 6) is 0. The molecule has 0 N–H and O–H groups in total. The summed E-state index contributed by atoms with van der Waals surface area (Å²) in [5.41, 5.74) is 5.98. The maximum absolute atomic E-state index is 4.25. The van der Waals surface area contributed by atoms with Gasteiger partial charge in [0.1, 0.15) is 6.67 Å². The summed E-state index contributed by atoms with van der Waals surface area (Å²) < 4.78 is 4.67. The van der Waals surface area contributed by atoms with Crippen LogP contribution in [0.3, 0.4) is 0 Å². The molecule has 0 saturated heterocycles. The van der Waals surface area contributed by atoms with Crippen molar-refractivity contribution in [2.45, 2.75) is 6.67 Å². The van der Waals surface area contributed by atoms with Crippen LogP contribution in [-0.2, 0) is 6.67 Å². The van der Waals surface area contributed by atoms with Crippen LogP contribution in [0.5, 0.6) is 0 Å². The molecule has 3 heteroatoms. The lowest BCUT2D eigenvalue weighted by Crippen LogP contribution is -1.99. The van der Waals surface area contributed by atoms with Gasteiger partial charge in [-0.25, -0.2) is 0 Å². The van der Waals surface area contributed by atoms with Gasteiger partial charge in [-0.05, 0) is 31.0 Å². The molecule has 0 fully saturated rings. The van der Waals surface area contributed by atoms with Crippen molar-refractivity contribution < 1.29 is 0 Å². The first-order chi connectivity index (χ1) is 14.4. The molecule has 0 radical (unpaired) electrons. The second kappa shape index (κ2) is 6.08. The summed E-state index contributed by atoms with van der Waals surface area (Å²) in [7, 11) is 0. The van der Waals surface area contributed by atoms with Gasteiger partial charge in [0.2, 0.25) is 0 Å². The van der Waals surface area contributed by atoms with Gasteiger partial charge in [0.15, 0.2) is 0 Å². The molecule has 0 amide bonds. The molecule has 0 aliphatic carbocycles. The van der Waals surface area contributed by atoms with Crippen molar-refractivity contribution in [3.63, 3.8) is 0 Å². The van der Waals surface area contributed by atoms with Crippen LogP contribution in [0.4, 0.5) is 0 Å². The number of hydrogen-bond acceptors (Lipinski definition) is 1. The Bertz CT molecular complexity index is 1530. The van der Waals surface area contributed by atoms with Crippen molar-refractivity contribution in [1.29, 1.82) is 0 Å². The highest BCUT2D eigenvalue weighted by Crippen LogP contribution is 2.40. The number of para-hydroxylation sites is 3. The third kappa shape index (κ3) is 2.15. The fourth-order valence-electron chi connectivity index (χ4n) is 4.68. The van der Waals surface area contributed by atoms with E-state index in [0.717, 1.165) is 5.69 Å². The molecule has 3 nitrogen and oxygen atoms in total. The van der Waals surface area contributed by atoms with Crippen LogP contribution in [0, 0.1) is 0 Å². The molecule has 0 aliphatic rings. The first kappa shape index (κ1) is 16.1. The number of aromatic nitrogens is 2. The molecule has 4 aromatic carbocycles. The first-order valence-corrected chi connectivity index (χ1v) is 9.79. The Kier molecular flexibility index (Phi) is 3.38. The molecule has 0 saturated carbocycles. The van der Waals surface area contributed by atoms with E-state index in [-0.39, 0.29) is 0 Å². The van der Waals surface area contributed by atoms with Crippen molar-refractivity contribution in [1.82, 2.24) is 9.13 Å². The highest BCUT2D eigenvalue weighted by Gasteiger charge is 2.19. The Balaban J connectivity index is 1.94. The SMILES string of the molecule is C=NCn1c2ccccc2c2ccc3c4ccccc4n(-c4ccccc4)c3c21. The minimum absolute atomic E-state index is 0.527. The van der Waals surface area contributed by atoms with Crippen molar-refractivity contribution in [2.75, 3.05) is 0 Å².